The molecular formula is C12H21ClOSi2. The summed E-state index contributed by atoms with van der Waals surface area (Å²) in [6.07, 6.45) is 1.86. The Morgan fingerprint density at radius 1 is 1.38 bits per heavy atom. The smallest absolute Gasteiger partial charge is 0.172 e. The minimum atomic E-state index is -0.860. The lowest BCUT2D eigenvalue weighted by molar-refractivity contribution is 0.309. The molecule has 16 heavy (non-hydrogen) atoms. The molecular weight excluding hydrogens is 252 g/mol. The van der Waals surface area contributed by atoms with Crippen molar-refractivity contribution in [3.63, 3.8) is 0 Å². The van der Waals surface area contributed by atoms with Crippen molar-refractivity contribution in [1.29, 1.82) is 0 Å². The van der Waals surface area contributed by atoms with E-state index in [0.29, 0.717) is 0 Å². The van der Waals surface area contributed by atoms with Crippen LogP contribution < -0.4 is 5.19 Å². The fourth-order valence-corrected chi connectivity index (χ4v) is 2.78. The van der Waals surface area contributed by atoms with Crippen LogP contribution in [0.15, 0.2) is 30.8 Å². The molecule has 1 unspecified atom stereocenters. The fraction of sp³-hybridized carbons (Fsp3) is 0.333. The first-order valence-electron chi connectivity index (χ1n) is 5.44. The summed E-state index contributed by atoms with van der Waals surface area (Å²) in [5, 5.41) is 1.43. The van der Waals surface area contributed by atoms with Gasteiger partial charge in [0.1, 0.15) is 5.56 Å². The second-order valence-corrected chi connectivity index (χ2v) is 7.98. The molecule has 0 saturated heterocycles. The molecule has 1 atom stereocenters. The standard InChI is InChI=1S/C8H10Si.C4H11ClOSi/c1-2-7-3-5-8(9)6-4-7;1-4(5)6-7(2)3/h2-6H,1H2,9H3;4,7H,1-3H3. The summed E-state index contributed by atoms with van der Waals surface area (Å²) in [5.41, 5.74) is 1.11. The summed E-state index contributed by atoms with van der Waals surface area (Å²) in [5.74, 6) is 0. The Kier molecular flexibility index (Phi) is 8.56. The SMILES string of the molecule is C=Cc1ccc([SiH3])cc1.CC(Cl)O[SiH](C)C. The molecule has 0 amide bonds. The minimum Gasteiger partial charge on any atom is -0.405 e. The van der Waals surface area contributed by atoms with E-state index in [1.807, 2.05) is 13.0 Å². The average molecular weight is 273 g/mol. The molecule has 1 rings (SSSR count). The van der Waals surface area contributed by atoms with Crippen molar-refractivity contribution in [2.45, 2.75) is 25.6 Å². The van der Waals surface area contributed by atoms with E-state index >= 15 is 0 Å². The van der Waals surface area contributed by atoms with E-state index < -0.39 is 9.04 Å². The number of hydrogen-bond donors (Lipinski definition) is 0. The molecule has 0 spiro atoms. The highest BCUT2D eigenvalue weighted by molar-refractivity contribution is 6.49. The molecule has 0 saturated carbocycles. The van der Waals surface area contributed by atoms with Crippen LogP contribution in [-0.2, 0) is 4.43 Å². The highest BCUT2D eigenvalue weighted by Gasteiger charge is 1.98. The second kappa shape index (κ2) is 8.76. The maximum absolute atomic E-state index is 5.49. The van der Waals surface area contributed by atoms with Crippen LogP contribution in [0.1, 0.15) is 12.5 Å². The Bertz CT molecular complexity index is 290. The summed E-state index contributed by atoms with van der Waals surface area (Å²) in [7, 11) is 0.280. The van der Waals surface area contributed by atoms with Crippen molar-refractivity contribution < 1.29 is 4.43 Å². The normalized spacial score (nSPS) is 11.8. The molecule has 0 aromatic heterocycles. The minimum absolute atomic E-state index is 0.0910. The van der Waals surface area contributed by atoms with E-state index in [1.165, 1.54) is 10.8 Å². The maximum atomic E-state index is 5.49. The Morgan fingerprint density at radius 2 is 1.88 bits per heavy atom. The highest BCUT2D eigenvalue weighted by Crippen LogP contribution is 1.97. The van der Waals surface area contributed by atoms with Gasteiger partial charge in [0.05, 0.1) is 0 Å². The third kappa shape index (κ3) is 8.91. The molecule has 1 aromatic rings. The number of halogens is 1. The number of rotatable bonds is 3. The van der Waals surface area contributed by atoms with Crippen molar-refractivity contribution >= 4 is 42.1 Å². The van der Waals surface area contributed by atoms with Gasteiger partial charge in [-0.15, -0.1) is 0 Å². The summed E-state index contributed by atoms with van der Waals surface area (Å²) >= 11 is 5.49. The maximum Gasteiger partial charge on any atom is 0.172 e. The van der Waals surface area contributed by atoms with Gasteiger partial charge < -0.3 is 4.43 Å². The van der Waals surface area contributed by atoms with Crippen LogP contribution in [0.25, 0.3) is 6.08 Å². The summed E-state index contributed by atoms with van der Waals surface area (Å²) < 4.78 is 5.15. The first-order valence-corrected chi connectivity index (χ1v) is 9.66. The Labute approximate surface area is 109 Å². The largest absolute Gasteiger partial charge is 0.405 e. The quantitative estimate of drug-likeness (QED) is 0.603. The molecule has 0 radical (unpaired) electrons. The van der Waals surface area contributed by atoms with Crippen molar-refractivity contribution in [3.8, 4) is 0 Å². The molecule has 1 aromatic carbocycles. The van der Waals surface area contributed by atoms with Gasteiger partial charge in [0.15, 0.2) is 9.04 Å². The molecule has 0 fully saturated rings. The van der Waals surface area contributed by atoms with Gasteiger partial charge in [-0.05, 0) is 25.6 Å². The molecule has 0 aliphatic rings. The molecule has 1 nitrogen and oxygen atoms in total. The van der Waals surface area contributed by atoms with Crippen LogP contribution in [-0.4, -0.2) is 24.8 Å². The Balaban J connectivity index is 0.000000293. The molecule has 4 heteroatoms. The number of hydrogen-bond acceptors (Lipinski definition) is 1. The average Bonchev–Trinajstić information content (AvgIpc) is 2.17. The van der Waals surface area contributed by atoms with E-state index in [0.717, 1.165) is 10.2 Å². The van der Waals surface area contributed by atoms with Crippen LogP contribution in [0, 0.1) is 0 Å². The first-order chi connectivity index (χ1) is 7.45. The molecule has 90 valence electrons. The van der Waals surface area contributed by atoms with Gasteiger partial charge in [-0.25, -0.2) is 0 Å². The fourth-order valence-electron chi connectivity index (χ4n) is 1.08. The number of benzene rings is 1. The lowest BCUT2D eigenvalue weighted by Crippen LogP contribution is -2.11. The molecule has 0 bridgehead atoms. The molecule has 0 N–H and O–H groups in total. The van der Waals surface area contributed by atoms with Gasteiger partial charge in [0.25, 0.3) is 0 Å². The molecule has 0 aliphatic heterocycles. The van der Waals surface area contributed by atoms with Crippen LogP contribution in [0.5, 0.6) is 0 Å². The summed E-state index contributed by atoms with van der Waals surface area (Å²) in [4.78, 5) is 0. The molecule has 0 heterocycles. The topological polar surface area (TPSA) is 9.23 Å². The number of alkyl halides is 1. The second-order valence-electron chi connectivity index (χ2n) is 3.84. The first kappa shape index (κ1) is 15.6. The van der Waals surface area contributed by atoms with Gasteiger partial charge >= 0.3 is 0 Å². The zero-order valence-corrected chi connectivity index (χ0v) is 14.4. The van der Waals surface area contributed by atoms with Crippen molar-refractivity contribution in [2.24, 2.45) is 0 Å². The van der Waals surface area contributed by atoms with E-state index in [9.17, 15) is 0 Å². The predicted molar refractivity (Wildman–Crippen MR) is 81.4 cm³/mol. The van der Waals surface area contributed by atoms with E-state index in [2.05, 4.69) is 43.9 Å². The third-order valence-corrected chi connectivity index (χ3v) is 3.67. The van der Waals surface area contributed by atoms with Gasteiger partial charge in [-0.1, -0.05) is 53.7 Å². The van der Waals surface area contributed by atoms with E-state index in [4.69, 9.17) is 16.0 Å². The van der Waals surface area contributed by atoms with Gasteiger partial charge in [0, 0.05) is 10.2 Å². The van der Waals surface area contributed by atoms with Crippen molar-refractivity contribution in [1.82, 2.24) is 0 Å². The van der Waals surface area contributed by atoms with Crippen LogP contribution in [0.4, 0.5) is 0 Å². The van der Waals surface area contributed by atoms with Gasteiger partial charge in [0.2, 0.25) is 0 Å². The van der Waals surface area contributed by atoms with Gasteiger partial charge in [-0.3, -0.25) is 0 Å². The zero-order chi connectivity index (χ0) is 12.6. The highest BCUT2D eigenvalue weighted by atomic mass is 35.5. The monoisotopic (exact) mass is 272 g/mol. The molecule has 0 aliphatic carbocycles. The van der Waals surface area contributed by atoms with Crippen molar-refractivity contribution in [3.05, 3.63) is 36.4 Å². The summed E-state index contributed by atoms with van der Waals surface area (Å²) in [6, 6.07) is 8.47. The lowest BCUT2D eigenvalue weighted by atomic mass is 10.2. The van der Waals surface area contributed by atoms with Crippen LogP contribution >= 0.6 is 11.6 Å². The van der Waals surface area contributed by atoms with Gasteiger partial charge in [-0.2, -0.15) is 0 Å². The van der Waals surface area contributed by atoms with E-state index in [-0.39, 0.29) is 5.56 Å². The Hall–Kier alpha value is -0.356. The third-order valence-electron chi connectivity index (χ3n) is 1.77. The zero-order valence-electron chi connectivity index (χ0n) is 10.5. The Morgan fingerprint density at radius 3 is 2.12 bits per heavy atom. The summed E-state index contributed by atoms with van der Waals surface area (Å²) in [6.45, 7) is 9.71. The van der Waals surface area contributed by atoms with E-state index in [1.54, 1.807) is 0 Å². The van der Waals surface area contributed by atoms with Crippen LogP contribution in [0.3, 0.4) is 0 Å². The van der Waals surface area contributed by atoms with Crippen LogP contribution in [0.2, 0.25) is 13.1 Å². The van der Waals surface area contributed by atoms with Crippen molar-refractivity contribution in [2.75, 3.05) is 0 Å². The predicted octanol–water partition coefficient (Wildman–Crippen LogP) is 1.89. The lowest BCUT2D eigenvalue weighted by Gasteiger charge is -2.06.